The van der Waals surface area contributed by atoms with Gasteiger partial charge in [-0.25, -0.2) is 4.79 Å². The third-order valence-electron chi connectivity index (χ3n) is 2.51. The van der Waals surface area contributed by atoms with Gasteiger partial charge in [0.1, 0.15) is 6.54 Å². The monoisotopic (exact) mass is 290 g/mol. The molecule has 0 bridgehead atoms. The molecule has 0 spiro atoms. The standard InChI is InChI=1S/C12H22N2O6/c1-4-14(8-11(17)20-5-2)12(18)13-7-9(19-3)6-10(15)16/h9H,4-8H2,1-3H3,(H,13,18)(H,15,16). The van der Waals surface area contributed by atoms with Gasteiger partial charge in [0.2, 0.25) is 0 Å². The number of esters is 1. The number of hydrogen-bond donors (Lipinski definition) is 2. The molecule has 0 fully saturated rings. The molecule has 1 atom stereocenters. The van der Waals surface area contributed by atoms with Gasteiger partial charge in [0.15, 0.2) is 0 Å². The smallest absolute Gasteiger partial charge is 0.325 e. The normalized spacial score (nSPS) is 11.6. The molecule has 0 radical (unpaired) electrons. The molecule has 0 aliphatic rings. The lowest BCUT2D eigenvalue weighted by Crippen LogP contribution is -2.45. The van der Waals surface area contributed by atoms with Crippen LogP contribution in [0.25, 0.3) is 0 Å². The van der Waals surface area contributed by atoms with Crippen LogP contribution >= 0.6 is 0 Å². The molecule has 116 valence electrons. The maximum absolute atomic E-state index is 11.8. The van der Waals surface area contributed by atoms with E-state index in [0.717, 1.165) is 0 Å². The van der Waals surface area contributed by atoms with Crippen LogP contribution in [-0.4, -0.2) is 67.4 Å². The zero-order valence-electron chi connectivity index (χ0n) is 12.0. The van der Waals surface area contributed by atoms with E-state index in [2.05, 4.69) is 5.32 Å². The third kappa shape index (κ3) is 7.57. The Bertz CT molecular complexity index is 334. The highest BCUT2D eigenvalue weighted by Crippen LogP contribution is 1.97. The average molecular weight is 290 g/mol. The van der Waals surface area contributed by atoms with Crippen molar-refractivity contribution in [1.29, 1.82) is 0 Å². The minimum absolute atomic E-state index is 0.0565. The predicted molar refractivity (Wildman–Crippen MR) is 70.3 cm³/mol. The summed E-state index contributed by atoms with van der Waals surface area (Å²) >= 11 is 0. The van der Waals surface area contributed by atoms with Crippen LogP contribution in [0.4, 0.5) is 4.79 Å². The van der Waals surface area contributed by atoms with Crippen molar-refractivity contribution in [3.8, 4) is 0 Å². The number of nitrogens with zero attached hydrogens (tertiary/aromatic N) is 1. The molecule has 0 rings (SSSR count). The molecular formula is C12H22N2O6. The van der Waals surface area contributed by atoms with Gasteiger partial charge in [0.25, 0.3) is 0 Å². The summed E-state index contributed by atoms with van der Waals surface area (Å²) in [6, 6.07) is -0.465. The summed E-state index contributed by atoms with van der Waals surface area (Å²) < 4.78 is 9.70. The van der Waals surface area contributed by atoms with E-state index in [1.807, 2.05) is 0 Å². The van der Waals surface area contributed by atoms with Gasteiger partial charge in [-0.15, -0.1) is 0 Å². The van der Waals surface area contributed by atoms with Gasteiger partial charge in [0, 0.05) is 20.2 Å². The first-order chi connectivity index (χ1) is 9.44. The summed E-state index contributed by atoms with van der Waals surface area (Å²) in [6.07, 6.45) is -0.821. The van der Waals surface area contributed by atoms with Gasteiger partial charge >= 0.3 is 18.0 Å². The minimum Gasteiger partial charge on any atom is -0.481 e. The van der Waals surface area contributed by atoms with Crippen molar-refractivity contribution in [1.82, 2.24) is 10.2 Å². The highest BCUT2D eigenvalue weighted by Gasteiger charge is 2.18. The number of carbonyl (C=O) groups is 3. The van der Waals surface area contributed by atoms with Crippen molar-refractivity contribution in [2.45, 2.75) is 26.4 Å². The first kappa shape index (κ1) is 18.2. The molecule has 1 unspecified atom stereocenters. The Morgan fingerprint density at radius 1 is 1.30 bits per heavy atom. The Balaban J connectivity index is 4.26. The van der Waals surface area contributed by atoms with Crippen LogP contribution in [0, 0.1) is 0 Å². The fourth-order valence-corrected chi connectivity index (χ4v) is 1.44. The van der Waals surface area contributed by atoms with Gasteiger partial charge in [-0.05, 0) is 13.8 Å². The molecule has 0 heterocycles. The Morgan fingerprint density at radius 2 is 1.95 bits per heavy atom. The first-order valence-corrected chi connectivity index (χ1v) is 6.37. The fraction of sp³-hybridized carbons (Fsp3) is 0.750. The van der Waals surface area contributed by atoms with E-state index >= 15 is 0 Å². The summed E-state index contributed by atoms with van der Waals surface area (Å²) in [7, 11) is 1.37. The molecular weight excluding hydrogens is 268 g/mol. The van der Waals surface area contributed by atoms with Crippen molar-refractivity contribution < 1.29 is 29.0 Å². The summed E-state index contributed by atoms with van der Waals surface area (Å²) in [5.74, 6) is -1.50. The van der Waals surface area contributed by atoms with E-state index in [1.54, 1.807) is 13.8 Å². The molecule has 20 heavy (non-hydrogen) atoms. The number of carbonyl (C=O) groups excluding carboxylic acids is 2. The number of carboxylic acids is 1. The largest absolute Gasteiger partial charge is 0.481 e. The molecule has 0 aromatic rings. The third-order valence-corrected chi connectivity index (χ3v) is 2.51. The van der Waals surface area contributed by atoms with Crippen molar-refractivity contribution in [3.05, 3.63) is 0 Å². The topological polar surface area (TPSA) is 105 Å². The van der Waals surface area contributed by atoms with Crippen LogP contribution in [0.1, 0.15) is 20.3 Å². The van der Waals surface area contributed by atoms with E-state index in [1.165, 1.54) is 12.0 Å². The van der Waals surface area contributed by atoms with Crippen molar-refractivity contribution in [2.75, 3.05) is 33.4 Å². The Morgan fingerprint density at radius 3 is 2.40 bits per heavy atom. The predicted octanol–water partition coefficient (Wildman–Crippen LogP) is 0.0707. The van der Waals surface area contributed by atoms with Crippen molar-refractivity contribution >= 4 is 18.0 Å². The van der Waals surface area contributed by atoms with Gasteiger partial charge in [0.05, 0.1) is 19.1 Å². The zero-order valence-corrected chi connectivity index (χ0v) is 12.0. The molecule has 0 aromatic carbocycles. The molecule has 0 saturated carbocycles. The van der Waals surface area contributed by atoms with E-state index in [-0.39, 0.29) is 26.1 Å². The first-order valence-electron chi connectivity index (χ1n) is 6.37. The van der Waals surface area contributed by atoms with E-state index < -0.39 is 24.1 Å². The van der Waals surface area contributed by atoms with Crippen LogP contribution in [0.2, 0.25) is 0 Å². The number of methoxy groups -OCH3 is 1. The number of amides is 2. The highest BCUT2D eigenvalue weighted by atomic mass is 16.5. The van der Waals surface area contributed by atoms with Gasteiger partial charge in [-0.1, -0.05) is 0 Å². The van der Waals surface area contributed by atoms with E-state index in [4.69, 9.17) is 14.6 Å². The van der Waals surface area contributed by atoms with Gasteiger partial charge in [-0.3, -0.25) is 9.59 Å². The summed E-state index contributed by atoms with van der Waals surface area (Å²) in [5, 5.41) is 11.2. The maximum atomic E-state index is 11.8. The quantitative estimate of drug-likeness (QED) is 0.582. The Labute approximate surface area is 118 Å². The summed E-state index contributed by atoms with van der Waals surface area (Å²) in [5.41, 5.74) is 0. The number of urea groups is 1. The molecule has 0 aromatic heterocycles. The number of carboxylic acid groups (broad SMARTS) is 1. The average Bonchev–Trinajstić information content (AvgIpc) is 2.40. The second-order valence-electron chi connectivity index (χ2n) is 3.96. The molecule has 2 N–H and O–H groups in total. The zero-order chi connectivity index (χ0) is 15.5. The SMILES string of the molecule is CCOC(=O)CN(CC)C(=O)NCC(CC(=O)O)OC. The van der Waals surface area contributed by atoms with E-state index in [0.29, 0.717) is 6.54 Å². The number of ether oxygens (including phenoxy) is 2. The summed E-state index contributed by atoms with van der Waals surface area (Å²) in [4.78, 5) is 35.0. The Kier molecular flexibility index (Phi) is 9.10. The van der Waals surface area contributed by atoms with Crippen LogP contribution in [0.15, 0.2) is 0 Å². The second-order valence-corrected chi connectivity index (χ2v) is 3.96. The van der Waals surface area contributed by atoms with Crippen molar-refractivity contribution in [2.24, 2.45) is 0 Å². The lowest BCUT2D eigenvalue weighted by molar-refractivity contribution is -0.143. The van der Waals surface area contributed by atoms with E-state index in [9.17, 15) is 14.4 Å². The lowest BCUT2D eigenvalue weighted by Gasteiger charge is -2.22. The second kappa shape index (κ2) is 10.0. The van der Waals surface area contributed by atoms with Crippen LogP contribution < -0.4 is 5.32 Å². The van der Waals surface area contributed by atoms with Crippen LogP contribution in [0.5, 0.6) is 0 Å². The number of rotatable bonds is 9. The van der Waals surface area contributed by atoms with Gasteiger partial charge < -0.3 is 24.8 Å². The van der Waals surface area contributed by atoms with Crippen LogP contribution in [0.3, 0.4) is 0 Å². The number of hydrogen-bond acceptors (Lipinski definition) is 5. The minimum atomic E-state index is -1.01. The molecule has 2 amide bonds. The number of nitrogens with one attached hydrogen (secondary N) is 1. The Hall–Kier alpha value is -1.83. The number of aliphatic carboxylic acids is 1. The fourth-order valence-electron chi connectivity index (χ4n) is 1.44. The maximum Gasteiger partial charge on any atom is 0.325 e. The highest BCUT2D eigenvalue weighted by molar-refractivity contribution is 5.81. The van der Waals surface area contributed by atoms with Crippen LogP contribution in [-0.2, 0) is 19.1 Å². The van der Waals surface area contributed by atoms with Gasteiger partial charge in [-0.2, -0.15) is 0 Å². The number of likely N-dealkylation sites (N-methyl/N-ethyl adjacent to an activating group) is 1. The molecule has 0 aliphatic heterocycles. The molecule has 0 saturated heterocycles. The molecule has 0 aliphatic carbocycles. The molecule has 8 heteroatoms. The molecule has 8 nitrogen and oxygen atoms in total. The van der Waals surface area contributed by atoms with Crippen molar-refractivity contribution in [3.63, 3.8) is 0 Å². The summed E-state index contributed by atoms with van der Waals surface area (Å²) in [6.45, 7) is 3.91. The lowest BCUT2D eigenvalue weighted by atomic mass is 10.2.